The van der Waals surface area contributed by atoms with E-state index in [2.05, 4.69) is 15.9 Å². The van der Waals surface area contributed by atoms with E-state index in [0.717, 1.165) is 27.1 Å². The first-order valence-corrected chi connectivity index (χ1v) is 7.16. The quantitative estimate of drug-likeness (QED) is 0.729. The van der Waals surface area contributed by atoms with Gasteiger partial charge in [0.05, 0.1) is 13.0 Å². The molecule has 0 N–H and O–H groups in total. The summed E-state index contributed by atoms with van der Waals surface area (Å²) in [4.78, 5) is 0. The molecule has 2 nitrogen and oxygen atoms in total. The Morgan fingerprint density at radius 2 is 2.00 bits per heavy atom. The average Bonchev–Trinajstić information content (AvgIpc) is 2.45. The molecule has 0 aliphatic rings. The van der Waals surface area contributed by atoms with Crippen LogP contribution in [0.15, 0.2) is 46.9 Å². The number of benzene rings is 2. The summed E-state index contributed by atoms with van der Waals surface area (Å²) in [5.74, 6) is 1.94. The van der Waals surface area contributed by atoms with Gasteiger partial charge in [-0.3, -0.25) is 0 Å². The second-order valence-electron chi connectivity index (χ2n) is 4.03. The largest absolute Gasteiger partial charge is 0.497 e. The summed E-state index contributed by atoms with van der Waals surface area (Å²) in [6.45, 7) is 0.497. The standard InChI is InChI=1S/C15H14BrClO2/c1-18-14-6-5-12(9-17)15(8-14)19-10-11-3-2-4-13(16)7-11/h2-8H,9-10H2,1H3. The van der Waals surface area contributed by atoms with Crippen molar-refractivity contribution in [2.75, 3.05) is 7.11 Å². The van der Waals surface area contributed by atoms with Gasteiger partial charge in [0.25, 0.3) is 0 Å². The summed E-state index contributed by atoms with van der Waals surface area (Å²) in [6, 6.07) is 13.7. The zero-order chi connectivity index (χ0) is 13.7. The Kier molecular flexibility index (Phi) is 5.11. The number of alkyl halides is 1. The molecule has 0 spiro atoms. The maximum Gasteiger partial charge on any atom is 0.127 e. The minimum Gasteiger partial charge on any atom is -0.497 e. The summed E-state index contributed by atoms with van der Waals surface area (Å²) in [5, 5.41) is 0. The molecule has 0 saturated carbocycles. The fourth-order valence-corrected chi connectivity index (χ4v) is 2.36. The number of hydrogen-bond acceptors (Lipinski definition) is 2. The third kappa shape index (κ3) is 3.88. The Labute approximate surface area is 126 Å². The van der Waals surface area contributed by atoms with Gasteiger partial charge in [0.1, 0.15) is 18.1 Å². The molecule has 0 aliphatic heterocycles. The Morgan fingerprint density at radius 1 is 1.16 bits per heavy atom. The Morgan fingerprint density at radius 3 is 2.68 bits per heavy atom. The predicted molar refractivity (Wildman–Crippen MR) is 81.0 cm³/mol. The summed E-state index contributed by atoms with van der Waals surface area (Å²) < 4.78 is 12.1. The zero-order valence-corrected chi connectivity index (χ0v) is 12.9. The van der Waals surface area contributed by atoms with E-state index in [4.69, 9.17) is 21.1 Å². The Balaban J connectivity index is 2.14. The molecule has 0 fully saturated rings. The zero-order valence-electron chi connectivity index (χ0n) is 10.5. The van der Waals surface area contributed by atoms with Gasteiger partial charge >= 0.3 is 0 Å². The molecule has 0 aliphatic carbocycles. The van der Waals surface area contributed by atoms with Crippen LogP contribution in [0.1, 0.15) is 11.1 Å². The van der Waals surface area contributed by atoms with E-state index in [9.17, 15) is 0 Å². The summed E-state index contributed by atoms with van der Waals surface area (Å²) in [7, 11) is 1.63. The van der Waals surface area contributed by atoms with Gasteiger partial charge in [-0.1, -0.05) is 34.1 Å². The lowest BCUT2D eigenvalue weighted by Gasteiger charge is -2.11. The van der Waals surface area contributed by atoms with Gasteiger partial charge in [0.2, 0.25) is 0 Å². The number of rotatable bonds is 5. The van der Waals surface area contributed by atoms with E-state index in [1.54, 1.807) is 7.11 Å². The monoisotopic (exact) mass is 340 g/mol. The SMILES string of the molecule is COc1ccc(CCl)c(OCc2cccc(Br)c2)c1. The van der Waals surface area contributed by atoms with E-state index in [1.165, 1.54) is 0 Å². The molecular weight excluding hydrogens is 328 g/mol. The lowest BCUT2D eigenvalue weighted by atomic mass is 10.2. The van der Waals surface area contributed by atoms with Gasteiger partial charge in [-0.05, 0) is 23.8 Å². The molecule has 2 aromatic carbocycles. The van der Waals surface area contributed by atoms with Crippen molar-refractivity contribution in [3.05, 3.63) is 58.1 Å². The number of methoxy groups -OCH3 is 1. The molecule has 0 radical (unpaired) electrons. The highest BCUT2D eigenvalue weighted by Crippen LogP contribution is 2.27. The fraction of sp³-hybridized carbons (Fsp3) is 0.200. The van der Waals surface area contributed by atoms with Gasteiger partial charge < -0.3 is 9.47 Å². The number of halogens is 2. The van der Waals surface area contributed by atoms with Crippen LogP contribution in [-0.2, 0) is 12.5 Å². The fourth-order valence-electron chi connectivity index (χ4n) is 1.69. The van der Waals surface area contributed by atoms with Crippen molar-refractivity contribution < 1.29 is 9.47 Å². The van der Waals surface area contributed by atoms with Gasteiger partial charge in [-0.15, -0.1) is 11.6 Å². The van der Waals surface area contributed by atoms with Crippen LogP contribution in [0.25, 0.3) is 0 Å². The first-order chi connectivity index (χ1) is 9.22. The van der Waals surface area contributed by atoms with Crippen LogP contribution in [0.4, 0.5) is 0 Å². The Bertz CT molecular complexity index is 558. The van der Waals surface area contributed by atoms with Crippen molar-refractivity contribution in [1.29, 1.82) is 0 Å². The van der Waals surface area contributed by atoms with Gasteiger partial charge in [-0.2, -0.15) is 0 Å². The van der Waals surface area contributed by atoms with Crippen LogP contribution >= 0.6 is 27.5 Å². The highest BCUT2D eigenvalue weighted by atomic mass is 79.9. The molecule has 0 saturated heterocycles. The number of ether oxygens (including phenoxy) is 2. The van der Waals surface area contributed by atoms with E-state index < -0.39 is 0 Å². The van der Waals surface area contributed by atoms with Crippen LogP contribution in [-0.4, -0.2) is 7.11 Å². The Hall–Kier alpha value is -1.19. The van der Waals surface area contributed by atoms with Crippen molar-refractivity contribution in [2.45, 2.75) is 12.5 Å². The van der Waals surface area contributed by atoms with Crippen molar-refractivity contribution >= 4 is 27.5 Å². The molecule has 4 heteroatoms. The highest BCUT2D eigenvalue weighted by molar-refractivity contribution is 9.10. The number of hydrogen-bond donors (Lipinski definition) is 0. The van der Waals surface area contributed by atoms with Crippen LogP contribution in [0.5, 0.6) is 11.5 Å². The molecule has 0 unspecified atom stereocenters. The molecular formula is C15H14BrClO2. The molecule has 0 atom stereocenters. The molecule has 100 valence electrons. The normalized spacial score (nSPS) is 10.3. The van der Waals surface area contributed by atoms with E-state index in [1.807, 2.05) is 42.5 Å². The smallest absolute Gasteiger partial charge is 0.127 e. The summed E-state index contributed by atoms with van der Waals surface area (Å²) in [6.07, 6.45) is 0. The van der Waals surface area contributed by atoms with E-state index in [0.29, 0.717) is 12.5 Å². The predicted octanol–water partition coefficient (Wildman–Crippen LogP) is 4.78. The molecule has 0 heterocycles. The lowest BCUT2D eigenvalue weighted by Crippen LogP contribution is -1.98. The third-order valence-corrected chi connectivity index (χ3v) is 3.48. The minimum atomic E-state index is 0.414. The van der Waals surface area contributed by atoms with Gasteiger partial charge in [0.15, 0.2) is 0 Å². The van der Waals surface area contributed by atoms with E-state index in [-0.39, 0.29) is 0 Å². The van der Waals surface area contributed by atoms with Crippen LogP contribution in [0, 0.1) is 0 Å². The average molecular weight is 342 g/mol. The van der Waals surface area contributed by atoms with Gasteiger partial charge in [0, 0.05) is 16.1 Å². The maximum atomic E-state index is 5.91. The molecule has 0 aromatic heterocycles. The first-order valence-electron chi connectivity index (χ1n) is 5.83. The molecule has 0 bridgehead atoms. The first kappa shape index (κ1) is 14.2. The van der Waals surface area contributed by atoms with E-state index >= 15 is 0 Å². The lowest BCUT2D eigenvalue weighted by molar-refractivity contribution is 0.301. The van der Waals surface area contributed by atoms with Crippen molar-refractivity contribution in [1.82, 2.24) is 0 Å². The van der Waals surface area contributed by atoms with Crippen LogP contribution in [0.2, 0.25) is 0 Å². The minimum absolute atomic E-state index is 0.414. The summed E-state index contributed by atoms with van der Waals surface area (Å²) in [5.41, 5.74) is 2.05. The topological polar surface area (TPSA) is 18.5 Å². The third-order valence-electron chi connectivity index (χ3n) is 2.70. The van der Waals surface area contributed by atoms with Crippen molar-refractivity contribution in [3.63, 3.8) is 0 Å². The van der Waals surface area contributed by atoms with Crippen LogP contribution < -0.4 is 9.47 Å². The molecule has 2 rings (SSSR count). The second kappa shape index (κ2) is 6.83. The van der Waals surface area contributed by atoms with Crippen molar-refractivity contribution in [2.24, 2.45) is 0 Å². The van der Waals surface area contributed by atoms with Crippen LogP contribution in [0.3, 0.4) is 0 Å². The summed E-state index contributed by atoms with van der Waals surface area (Å²) >= 11 is 9.35. The molecule has 2 aromatic rings. The van der Waals surface area contributed by atoms with Crippen molar-refractivity contribution in [3.8, 4) is 11.5 Å². The molecule has 0 amide bonds. The maximum absolute atomic E-state index is 5.91. The van der Waals surface area contributed by atoms with Gasteiger partial charge in [-0.25, -0.2) is 0 Å². The highest BCUT2D eigenvalue weighted by Gasteiger charge is 2.05. The second-order valence-corrected chi connectivity index (χ2v) is 5.21. The molecule has 19 heavy (non-hydrogen) atoms.